The lowest BCUT2D eigenvalue weighted by Crippen LogP contribution is -1.89. The number of hydrogen-bond donors (Lipinski definition) is 0. The highest BCUT2D eigenvalue weighted by Crippen LogP contribution is 2.39. The van der Waals surface area contributed by atoms with Gasteiger partial charge in [-0.05, 0) is 46.6 Å². The van der Waals surface area contributed by atoms with Crippen LogP contribution in [0.2, 0.25) is 0 Å². The molecule has 0 N–H and O–H groups in total. The number of aryl methyl sites for hydroxylation is 2. The second kappa shape index (κ2) is 5.07. The summed E-state index contributed by atoms with van der Waals surface area (Å²) in [7, 11) is 0. The Labute approximate surface area is 116 Å². The molecule has 0 fully saturated rings. The van der Waals surface area contributed by atoms with Gasteiger partial charge in [-0.25, -0.2) is 0 Å². The van der Waals surface area contributed by atoms with E-state index in [4.69, 9.17) is 4.42 Å². The Morgan fingerprint density at radius 1 is 1.44 bits per heavy atom. The average Bonchev–Trinajstić information content (AvgIpc) is 2.84. The van der Waals surface area contributed by atoms with Crippen LogP contribution in [0.25, 0.3) is 0 Å². The molecule has 4 heteroatoms. The molecule has 0 saturated heterocycles. The molecule has 0 aliphatic rings. The first-order valence-corrected chi connectivity index (χ1v) is 7.62. The minimum Gasteiger partial charge on any atom is -0.465 e. The highest BCUT2D eigenvalue weighted by atomic mass is 79.9. The van der Waals surface area contributed by atoms with E-state index in [-0.39, 0.29) is 4.83 Å². The number of rotatable bonds is 3. The third-order valence-electron chi connectivity index (χ3n) is 2.48. The molecular formula is C12H12Br2OS. The average molecular weight is 364 g/mol. The van der Waals surface area contributed by atoms with Gasteiger partial charge in [0, 0.05) is 11.3 Å². The Kier molecular flexibility index (Phi) is 3.93. The molecule has 2 heterocycles. The Morgan fingerprint density at radius 2 is 2.19 bits per heavy atom. The van der Waals surface area contributed by atoms with Crippen molar-refractivity contribution in [2.24, 2.45) is 0 Å². The largest absolute Gasteiger partial charge is 0.465 e. The van der Waals surface area contributed by atoms with Crippen LogP contribution in [0.1, 0.15) is 33.7 Å². The SMILES string of the molecule is CCc1ccc(C(Br)c2cc(Br)sc2C)o1. The van der Waals surface area contributed by atoms with Gasteiger partial charge in [0.15, 0.2) is 0 Å². The topological polar surface area (TPSA) is 13.1 Å². The van der Waals surface area contributed by atoms with Crippen molar-refractivity contribution in [3.63, 3.8) is 0 Å². The molecule has 0 spiro atoms. The summed E-state index contributed by atoms with van der Waals surface area (Å²) in [4.78, 5) is 1.46. The molecule has 16 heavy (non-hydrogen) atoms. The monoisotopic (exact) mass is 362 g/mol. The minimum absolute atomic E-state index is 0.148. The number of alkyl halides is 1. The fraction of sp³-hybridized carbons (Fsp3) is 0.333. The predicted molar refractivity (Wildman–Crippen MR) is 75.6 cm³/mol. The van der Waals surface area contributed by atoms with Crippen LogP contribution < -0.4 is 0 Å². The molecule has 86 valence electrons. The maximum absolute atomic E-state index is 5.76. The van der Waals surface area contributed by atoms with Gasteiger partial charge in [-0.3, -0.25) is 0 Å². The highest BCUT2D eigenvalue weighted by molar-refractivity contribution is 9.11. The molecule has 2 rings (SSSR count). The second-order valence-electron chi connectivity index (χ2n) is 3.58. The van der Waals surface area contributed by atoms with E-state index in [9.17, 15) is 0 Å². The summed E-state index contributed by atoms with van der Waals surface area (Å²) in [5.74, 6) is 2.01. The summed E-state index contributed by atoms with van der Waals surface area (Å²) < 4.78 is 6.91. The molecule has 2 aromatic rings. The van der Waals surface area contributed by atoms with Gasteiger partial charge in [-0.2, -0.15) is 0 Å². The summed E-state index contributed by atoms with van der Waals surface area (Å²) >= 11 is 8.95. The highest BCUT2D eigenvalue weighted by Gasteiger charge is 2.18. The minimum atomic E-state index is 0.148. The predicted octanol–water partition coefficient (Wildman–Crippen LogP) is 5.46. The van der Waals surface area contributed by atoms with Crippen LogP contribution in [0.3, 0.4) is 0 Å². The van der Waals surface area contributed by atoms with Gasteiger partial charge in [0.1, 0.15) is 11.5 Å². The molecule has 0 saturated carbocycles. The zero-order valence-electron chi connectivity index (χ0n) is 9.09. The van der Waals surface area contributed by atoms with Crippen LogP contribution in [0.4, 0.5) is 0 Å². The van der Waals surface area contributed by atoms with Gasteiger partial charge in [0.2, 0.25) is 0 Å². The standard InChI is InChI=1S/C12H12Br2OS/c1-3-8-4-5-10(15-8)12(14)9-6-11(13)16-7(9)2/h4-6,12H,3H2,1-2H3. The first-order valence-electron chi connectivity index (χ1n) is 5.10. The van der Waals surface area contributed by atoms with E-state index in [1.807, 2.05) is 12.1 Å². The third-order valence-corrected chi connectivity index (χ3v) is 4.99. The molecule has 0 bridgehead atoms. The van der Waals surface area contributed by atoms with Crippen LogP contribution in [0.5, 0.6) is 0 Å². The molecule has 1 nitrogen and oxygen atoms in total. The van der Waals surface area contributed by atoms with E-state index < -0.39 is 0 Å². The van der Waals surface area contributed by atoms with Gasteiger partial charge in [-0.1, -0.05) is 22.9 Å². The number of thiophene rings is 1. The summed E-state index contributed by atoms with van der Waals surface area (Å²) in [5.41, 5.74) is 1.27. The van der Waals surface area contributed by atoms with Crippen molar-refractivity contribution in [1.29, 1.82) is 0 Å². The Morgan fingerprint density at radius 3 is 2.69 bits per heavy atom. The normalized spacial score (nSPS) is 13.0. The van der Waals surface area contributed by atoms with E-state index in [2.05, 4.69) is 51.8 Å². The number of furan rings is 1. The van der Waals surface area contributed by atoms with Crippen molar-refractivity contribution in [3.05, 3.63) is 43.9 Å². The third kappa shape index (κ3) is 2.44. The molecule has 0 aliphatic heterocycles. The summed E-state index contributed by atoms with van der Waals surface area (Å²) in [6.07, 6.45) is 0.937. The maximum Gasteiger partial charge on any atom is 0.122 e. The van der Waals surface area contributed by atoms with Crippen LogP contribution in [0, 0.1) is 6.92 Å². The molecule has 0 amide bonds. The van der Waals surface area contributed by atoms with Crippen molar-refractivity contribution in [1.82, 2.24) is 0 Å². The van der Waals surface area contributed by atoms with Crippen molar-refractivity contribution >= 4 is 43.2 Å². The van der Waals surface area contributed by atoms with E-state index >= 15 is 0 Å². The first kappa shape index (κ1) is 12.4. The number of halogens is 2. The molecule has 0 aromatic carbocycles. The lowest BCUT2D eigenvalue weighted by atomic mass is 10.1. The summed E-state index contributed by atoms with van der Waals surface area (Å²) in [6.45, 7) is 4.22. The fourth-order valence-electron chi connectivity index (χ4n) is 1.58. The second-order valence-corrected chi connectivity index (χ2v) is 7.13. The quantitative estimate of drug-likeness (QED) is 0.660. The first-order chi connectivity index (χ1) is 7.61. The molecule has 1 unspecified atom stereocenters. The van der Waals surface area contributed by atoms with Crippen LogP contribution >= 0.6 is 43.2 Å². The Balaban J connectivity index is 2.31. The Hall–Kier alpha value is -0.0600. The zero-order valence-corrected chi connectivity index (χ0v) is 13.1. The van der Waals surface area contributed by atoms with Gasteiger partial charge >= 0.3 is 0 Å². The van der Waals surface area contributed by atoms with E-state index in [0.717, 1.165) is 21.7 Å². The lowest BCUT2D eigenvalue weighted by Gasteiger charge is -2.05. The summed E-state index contributed by atoms with van der Waals surface area (Å²) in [5, 5.41) is 0. The van der Waals surface area contributed by atoms with Crippen LogP contribution in [-0.2, 0) is 6.42 Å². The van der Waals surface area contributed by atoms with Gasteiger partial charge in [0.05, 0.1) is 8.61 Å². The van der Waals surface area contributed by atoms with Crippen molar-refractivity contribution < 1.29 is 4.42 Å². The fourth-order valence-corrected chi connectivity index (χ4v) is 4.21. The smallest absolute Gasteiger partial charge is 0.122 e. The maximum atomic E-state index is 5.76. The van der Waals surface area contributed by atoms with E-state index in [0.29, 0.717) is 0 Å². The zero-order chi connectivity index (χ0) is 11.7. The molecule has 2 aromatic heterocycles. The van der Waals surface area contributed by atoms with Crippen molar-refractivity contribution in [2.45, 2.75) is 25.1 Å². The molecule has 0 radical (unpaired) electrons. The Bertz CT molecular complexity index is 487. The van der Waals surface area contributed by atoms with Crippen LogP contribution in [0.15, 0.2) is 26.4 Å². The van der Waals surface area contributed by atoms with Gasteiger partial charge in [0.25, 0.3) is 0 Å². The van der Waals surface area contributed by atoms with Gasteiger partial charge < -0.3 is 4.42 Å². The summed E-state index contributed by atoms with van der Waals surface area (Å²) in [6, 6.07) is 6.23. The molecule has 0 aliphatic carbocycles. The van der Waals surface area contributed by atoms with E-state index in [1.54, 1.807) is 11.3 Å². The van der Waals surface area contributed by atoms with E-state index in [1.165, 1.54) is 10.4 Å². The van der Waals surface area contributed by atoms with Crippen molar-refractivity contribution in [2.75, 3.05) is 0 Å². The number of hydrogen-bond acceptors (Lipinski definition) is 2. The van der Waals surface area contributed by atoms with Crippen molar-refractivity contribution in [3.8, 4) is 0 Å². The lowest BCUT2D eigenvalue weighted by molar-refractivity contribution is 0.477. The molecule has 1 atom stereocenters. The molecular weight excluding hydrogens is 352 g/mol. The van der Waals surface area contributed by atoms with Gasteiger partial charge in [-0.15, -0.1) is 11.3 Å². The van der Waals surface area contributed by atoms with Crippen LogP contribution in [-0.4, -0.2) is 0 Å².